The maximum Gasteiger partial charge on any atom is 0.219 e. The summed E-state index contributed by atoms with van der Waals surface area (Å²) < 4.78 is 5.55. The molecule has 1 rings (SSSR count). The Morgan fingerprint density at radius 1 is 1.41 bits per heavy atom. The van der Waals surface area contributed by atoms with Crippen molar-refractivity contribution in [2.24, 2.45) is 5.73 Å². The summed E-state index contributed by atoms with van der Waals surface area (Å²) >= 11 is 0. The third-order valence-electron chi connectivity index (χ3n) is 2.45. The van der Waals surface area contributed by atoms with E-state index in [0.717, 1.165) is 17.9 Å². The predicted molar refractivity (Wildman–Crippen MR) is 67.8 cm³/mol. The summed E-state index contributed by atoms with van der Waals surface area (Å²) in [6.07, 6.45) is 0.276. The Balaban J connectivity index is 2.94. The summed E-state index contributed by atoms with van der Waals surface area (Å²) in [5.74, 6) is 0.490. The maximum atomic E-state index is 11.1. The molecule has 0 aromatic heterocycles. The lowest BCUT2D eigenvalue weighted by atomic mass is 10.0. The molecule has 0 spiro atoms. The quantitative estimate of drug-likeness (QED) is 0.756. The molecule has 17 heavy (non-hydrogen) atoms. The molecule has 1 aromatic rings. The molecule has 0 aliphatic carbocycles. The van der Waals surface area contributed by atoms with Crippen LogP contribution in [0.5, 0.6) is 5.75 Å². The normalized spacial score (nSPS) is 12.1. The van der Waals surface area contributed by atoms with Gasteiger partial charge in [-0.15, -0.1) is 0 Å². The summed E-state index contributed by atoms with van der Waals surface area (Å²) in [5.41, 5.74) is 6.25. The number of benzene rings is 1. The topological polar surface area (TPSA) is 64.3 Å². The highest BCUT2D eigenvalue weighted by molar-refractivity contribution is 5.74. The van der Waals surface area contributed by atoms with Gasteiger partial charge < -0.3 is 15.8 Å². The number of nitrogens with two attached hydrogens (primary N) is 1. The van der Waals surface area contributed by atoms with E-state index in [4.69, 9.17) is 10.5 Å². The predicted octanol–water partition coefficient (Wildman–Crippen LogP) is 1.61. The minimum Gasteiger partial charge on any atom is -0.494 e. The number of ether oxygens (including phenoxy) is 1. The Morgan fingerprint density at radius 3 is 2.71 bits per heavy atom. The molecule has 94 valence electrons. The molecule has 0 heterocycles. The van der Waals surface area contributed by atoms with Crippen LogP contribution in [0.3, 0.4) is 0 Å². The number of carbonyl (C=O) groups is 1. The van der Waals surface area contributed by atoms with Crippen LogP contribution in [0.1, 0.15) is 31.9 Å². The van der Waals surface area contributed by atoms with Gasteiger partial charge in [0, 0.05) is 18.0 Å². The van der Waals surface area contributed by atoms with E-state index in [-0.39, 0.29) is 18.4 Å². The second kappa shape index (κ2) is 6.91. The van der Waals surface area contributed by atoms with E-state index < -0.39 is 0 Å². The zero-order chi connectivity index (χ0) is 12.7. The standard InChI is InChI=1S/C13H20N2O2/c1-3-15-11(9-13(14)16)10-7-5-6-8-12(10)17-4-2/h5-8,11,15H,3-4,9H2,1-2H3,(H2,14,16). The number of nitrogens with one attached hydrogen (secondary N) is 1. The smallest absolute Gasteiger partial charge is 0.219 e. The first-order valence-electron chi connectivity index (χ1n) is 5.92. The molecule has 0 fully saturated rings. The Kier molecular flexibility index (Phi) is 5.49. The van der Waals surface area contributed by atoms with E-state index >= 15 is 0 Å². The Morgan fingerprint density at radius 2 is 2.12 bits per heavy atom. The monoisotopic (exact) mass is 236 g/mol. The lowest BCUT2D eigenvalue weighted by Crippen LogP contribution is -2.27. The summed E-state index contributed by atoms with van der Waals surface area (Å²) in [5, 5.41) is 3.25. The van der Waals surface area contributed by atoms with Crippen LogP contribution < -0.4 is 15.8 Å². The van der Waals surface area contributed by atoms with Crippen LogP contribution in [0.4, 0.5) is 0 Å². The van der Waals surface area contributed by atoms with Crippen LogP contribution in [0.2, 0.25) is 0 Å². The molecule has 0 saturated carbocycles. The van der Waals surface area contributed by atoms with Gasteiger partial charge in [0.1, 0.15) is 5.75 Å². The number of amides is 1. The van der Waals surface area contributed by atoms with E-state index in [1.807, 2.05) is 38.1 Å². The fourth-order valence-electron chi connectivity index (χ4n) is 1.80. The molecule has 0 bridgehead atoms. The van der Waals surface area contributed by atoms with Crippen molar-refractivity contribution >= 4 is 5.91 Å². The molecule has 0 aliphatic rings. The first-order chi connectivity index (χ1) is 8.19. The summed E-state index contributed by atoms with van der Waals surface area (Å²) in [6.45, 7) is 5.31. The van der Waals surface area contributed by atoms with Gasteiger partial charge in [-0.2, -0.15) is 0 Å². The minimum absolute atomic E-state index is 0.0831. The van der Waals surface area contributed by atoms with Gasteiger partial charge in [-0.25, -0.2) is 0 Å². The van der Waals surface area contributed by atoms with E-state index in [1.165, 1.54) is 0 Å². The first kappa shape index (κ1) is 13.5. The molecule has 1 aromatic carbocycles. The van der Waals surface area contributed by atoms with E-state index in [0.29, 0.717) is 6.61 Å². The van der Waals surface area contributed by atoms with Gasteiger partial charge in [0.15, 0.2) is 0 Å². The zero-order valence-electron chi connectivity index (χ0n) is 10.4. The molecular weight excluding hydrogens is 216 g/mol. The third kappa shape index (κ3) is 4.07. The Labute approximate surface area is 102 Å². The fourth-order valence-corrected chi connectivity index (χ4v) is 1.80. The molecule has 4 heteroatoms. The molecule has 1 unspecified atom stereocenters. The van der Waals surface area contributed by atoms with Crippen LogP contribution in [-0.4, -0.2) is 19.1 Å². The molecule has 1 atom stereocenters. The van der Waals surface area contributed by atoms with Gasteiger partial charge >= 0.3 is 0 Å². The van der Waals surface area contributed by atoms with Crippen molar-refractivity contribution in [2.45, 2.75) is 26.3 Å². The lowest BCUT2D eigenvalue weighted by molar-refractivity contribution is -0.118. The van der Waals surface area contributed by atoms with Gasteiger partial charge in [0.05, 0.1) is 6.61 Å². The Hall–Kier alpha value is -1.55. The summed E-state index contributed by atoms with van der Waals surface area (Å²) in [7, 11) is 0. The number of hydrogen-bond acceptors (Lipinski definition) is 3. The zero-order valence-corrected chi connectivity index (χ0v) is 10.4. The fraction of sp³-hybridized carbons (Fsp3) is 0.462. The highest BCUT2D eigenvalue weighted by Gasteiger charge is 2.17. The van der Waals surface area contributed by atoms with E-state index in [1.54, 1.807) is 0 Å². The van der Waals surface area contributed by atoms with Crippen LogP contribution in [0, 0.1) is 0 Å². The van der Waals surface area contributed by atoms with Crippen LogP contribution >= 0.6 is 0 Å². The molecule has 0 saturated heterocycles. The number of hydrogen-bond donors (Lipinski definition) is 2. The third-order valence-corrected chi connectivity index (χ3v) is 2.45. The van der Waals surface area contributed by atoms with Gasteiger partial charge in [-0.1, -0.05) is 25.1 Å². The highest BCUT2D eigenvalue weighted by atomic mass is 16.5. The second-order valence-electron chi connectivity index (χ2n) is 3.75. The van der Waals surface area contributed by atoms with Gasteiger partial charge in [0.2, 0.25) is 5.91 Å². The SMILES string of the molecule is CCNC(CC(N)=O)c1ccccc1OCC. The van der Waals surface area contributed by atoms with Crippen LogP contribution in [0.15, 0.2) is 24.3 Å². The molecular formula is C13H20N2O2. The summed E-state index contributed by atoms with van der Waals surface area (Å²) in [6, 6.07) is 7.64. The van der Waals surface area contributed by atoms with Gasteiger partial charge in [-0.3, -0.25) is 4.79 Å². The van der Waals surface area contributed by atoms with Crippen molar-refractivity contribution in [3.63, 3.8) is 0 Å². The van der Waals surface area contributed by atoms with Crippen molar-refractivity contribution in [3.8, 4) is 5.75 Å². The minimum atomic E-state index is -0.317. The first-order valence-corrected chi connectivity index (χ1v) is 5.92. The Bertz CT molecular complexity index is 366. The number of para-hydroxylation sites is 1. The second-order valence-corrected chi connectivity index (χ2v) is 3.75. The van der Waals surface area contributed by atoms with Gasteiger partial charge in [-0.05, 0) is 19.5 Å². The van der Waals surface area contributed by atoms with Crippen molar-refractivity contribution in [1.29, 1.82) is 0 Å². The largest absolute Gasteiger partial charge is 0.494 e. The van der Waals surface area contributed by atoms with E-state index in [2.05, 4.69) is 5.32 Å². The van der Waals surface area contributed by atoms with Crippen molar-refractivity contribution in [3.05, 3.63) is 29.8 Å². The van der Waals surface area contributed by atoms with Gasteiger partial charge in [0.25, 0.3) is 0 Å². The lowest BCUT2D eigenvalue weighted by Gasteiger charge is -2.19. The van der Waals surface area contributed by atoms with Crippen LogP contribution in [0.25, 0.3) is 0 Å². The molecule has 4 nitrogen and oxygen atoms in total. The number of rotatable bonds is 7. The highest BCUT2D eigenvalue weighted by Crippen LogP contribution is 2.27. The van der Waals surface area contributed by atoms with Crippen molar-refractivity contribution in [1.82, 2.24) is 5.32 Å². The summed E-state index contributed by atoms with van der Waals surface area (Å²) in [4.78, 5) is 11.1. The molecule has 1 amide bonds. The number of carbonyl (C=O) groups excluding carboxylic acids is 1. The molecule has 0 radical (unpaired) electrons. The average Bonchev–Trinajstić information content (AvgIpc) is 2.29. The van der Waals surface area contributed by atoms with Crippen molar-refractivity contribution < 1.29 is 9.53 Å². The molecule has 3 N–H and O–H groups in total. The van der Waals surface area contributed by atoms with Crippen LogP contribution in [-0.2, 0) is 4.79 Å². The maximum absolute atomic E-state index is 11.1. The average molecular weight is 236 g/mol. The van der Waals surface area contributed by atoms with E-state index in [9.17, 15) is 4.79 Å². The molecule has 0 aliphatic heterocycles. The van der Waals surface area contributed by atoms with Crippen molar-refractivity contribution in [2.75, 3.05) is 13.2 Å². The number of primary amides is 1.